The first-order valence-corrected chi connectivity index (χ1v) is 8.38. The molecule has 1 aliphatic carbocycles. The topological polar surface area (TPSA) is 34.0 Å². The van der Waals surface area contributed by atoms with Gasteiger partial charge in [0.25, 0.3) is 0 Å². The number of aryl methyl sites for hydroxylation is 1. The van der Waals surface area contributed by atoms with E-state index in [2.05, 4.69) is 46.6 Å². The first-order valence-electron chi connectivity index (χ1n) is 8.38. The summed E-state index contributed by atoms with van der Waals surface area (Å²) in [5, 5.41) is 8.31. The lowest BCUT2D eigenvalue weighted by atomic mass is 9.79. The zero-order valence-corrected chi connectivity index (χ0v) is 13.6. The number of hydrogen-bond acceptors (Lipinski definition) is 3. The highest BCUT2D eigenvalue weighted by Gasteiger charge is 2.28. The summed E-state index contributed by atoms with van der Waals surface area (Å²) >= 11 is 0. The van der Waals surface area contributed by atoms with E-state index in [1.807, 2.05) is 6.33 Å². The summed E-state index contributed by atoms with van der Waals surface area (Å²) in [7, 11) is 2.06. The van der Waals surface area contributed by atoms with Crippen molar-refractivity contribution in [3.63, 3.8) is 0 Å². The summed E-state index contributed by atoms with van der Waals surface area (Å²) in [5.41, 5.74) is 1.61. The molecule has 2 unspecified atom stereocenters. The van der Waals surface area contributed by atoms with Crippen LogP contribution < -0.4 is 0 Å². The fourth-order valence-electron chi connectivity index (χ4n) is 4.01. The quantitative estimate of drug-likeness (QED) is 0.802. The SMILES string of the molecule is CC1=CCCC(C)C1CN1CCC(c2nncn2C)CC1. The molecule has 0 bridgehead atoms. The summed E-state index contributed by atoms with van der Waals surface area (Å²) in [4.78, 5) is 2.66. The van der Waals surface area contributed by atoms with Crippen LogP contribution in [0.3, 0.4) is 0 Å². The average Bonchev–Trinajstić information content (AvgIpc) is 2.90. The van der Waals surface area contributed by atoms with Crippen molar-refractivity contribution in [2.75, 3.05) is 19.6 Å². The lowest BCUT2D eigenvalue weighted by Gasteiger charge is -2.37. The maximum Gasteiger partial charge on any atom is 0.135 e. The molecule has 2 heterocycles. The van der Waals surface area contributed by atoms with Crippen LogP contribution in [-0.2, 0) is 7.05 Å². The molecule has 1 saturated heterocycles. The average molecular weight is 288 g/mol. The van der Waals surface area contributed by atoms with E-state index in [0.717, 1.165) is 17.7 Å². The molecule has 2 aliphatic rings. The van der Waals surface area contributed by atoms with E-state index in [-0.39, 0.29) is 0 Å². The minimum absolute atomic E-state index is 0.592. The summed E-state index contributed by atoms with van der Waals surface area (Å²) in [6, 6.07) is 0. The van der Waals surface area contributed by atoms with Crippen LogP contribution >= 0.6 is 0 Å². The van der Waals surface area contributed by atoms with Crippen molar-refractivity contribution in [2.24, 2.45) is 18.9 Å². The number of likely N-dealkylation sites (tertiary alicyclic amines) is 1. The van der Waals surface area contributed by atoms with Gasteiger partial charge < -0.3 is 9.47 Å². The molecule has 0 aromatic carbocycles. The molecule has 1 fully saturated rings. The molecule has 2 atom stereocenters. The molecule has 4 heteroatoms. The lowest BCUT2D eigenvalue weighted by molar-refractivity contribution is 0.165. The fourth-order valence-corrected chi connectivity index (χ4v) is 4.01. The van der Waals surface area contributed by atoms with Crippen LogP contribution in [-0.4, -0.2) is 39.3 Å². The zero-order chi connectivity index (χ0) is 14.8. The number of allylic oxidation sites excluding steroid dienone is 1. The molecule has 1 aromatic rings. The van der Waals surface area contributed by atoms with E-state index in [0.29, 0.717) is 5.92 Å². The number of aromatic nitrogens is 3. The molecule has 0 spiro atoms. The van der Waals surface area contributed by atoms with Crippen molar-refractivity contribution in [2.45, 2.75) is 45.4 Å². The van der Waals surface area contributed by atoms with Gasteiger partial charge in [0.1, 0.15) is 12.2 Å². The van der Waals surface area contributed by atoms with Crippen molar-refractivity contribution in [1.82, 2.24) is 19.7 Å². The maximum atomic E-state index is 4.29. The third-order valence-electron chi connectivity index (χ3n) is 5.51. The maximum absolute atomic E-state index is 4.29. The Morgan fingerprint density at radius 2 is 2.00 bits per heavy atom. The molecule has 0 radical (unpaired) electrons. The second-order valence-electron chi connectivity index (χ2n) is 6.98. The number of piperidine rings is 1. The van der Waals surface area contributed by atoms with Gasteiger partial charge in [-0.15, -0.1) is 10.2 Å². The molecule has 4 nitrogen and oxygen atoms in total. The third kappa shape index (κ3) is 3.20. The molecule has 1 aromatic heterocycles. The Balaban J connectivity index is 1.55. The lowest BCUT2D eigenvalue weighted by Crippen LogP contribution is -2.39. The Morgan fingerprint density at radius 3 is 2.62 bits per heavy atom. The van der Waals surface area contributed by atoms with Gasteiger partial charge in [-0.2, -0.15) is 0 Å². The van der Waals surface area contributed by atoms with Crippen molar-refractivity contribution in [1.29, 1.82) is 0 Å². The summed E-state index contributed by atoms with van der Waals surface area (Å²) < 4.78 is 2.08. The van der Waals surface area contributed by atoms with Gasteiger partial charge in [0.2, 0.25) is 0 Å². The Kier molecular flexibility index (Phi) is 4.43. The van der Waals surface area contributed by atoms with Crippen LogP contribution in [0, 0.1) is 11.8 Å². The normalized spacial score (nSPS) is 28.6. The van der Waals surface area contributed by atoms with Crippen molar-refractivity contribution in [3.8, 4) is 0 Å². The van der Waals surface area contributed by atoms with Gasteiger partial charge in [-0.1, -0.05) is 18.6 Å². The Bertz CT molecular complexity index is 497. The van der Waals surface area contributed by atoms with Gasteiger partial charge in [0.05, 0.1) is 0 Å². The van der Waals surface area contributed by atoms with Crippen molar-refractivity contribution < 1.29 is 0 Å². The van der Waals surface area contributed by atoms with Crippen LogP contribution in [0.4, 0.5) is 0 Å². The van der Waals surface area contributed by atoms with Crippen LogP contribution in [0.1, 0.15) is 51.3 Å². The number of hydrogen-bond donors (Lipinski definition) is 0. The zero-order valence-electron chi connectivity index (χ0n) is 13.6. The highest BCUT2D eigenvalue weighted by molar-refractivity contribution is 5.09. The summed E-state index contributed by atoms with van der Waals surface area (Å²) in [6.45, 7) is 8.40. The molecule has 0 saturated carbocycles. The highest BCUT2D eigenvalue weighted by Crippen LogP contribution is 2.33. The minimum Gasteiger partial charge on any atom is -0.320 e. The molecule has 1 aliphatic heterocycles. The van der Waals surface area contributed by atoms with Crippen molar-refractivity contribution >= 4 is 0 Å². The van der Waals surface area contributed by atoms with Crippen LogP contribution in [0.15, 0.2) is 18.0 Å². The summed E-state index contributed by atoms with van der Waals surface area (Å²) in [5.74, 6) is 3.36. The number of rotatable bonds is 3. The van der Waals surface area contributed by atoms with E-state index in [9.17, 15) is 0 Å². The van der Waals surface area contributed by atoms with E-state index in [1.54, 1.807) is 5.57 Å². The monoisotopic (exact) mass is 288 g/mol. The van der Waals surface area contributed by atoms with Gasteiger partial charge in [-0.3, -0.25) is 0 Å². The van der Waals surface area contributed by atoms with Crippen LogP contribution in [0.2, 0.25) is 0 Å². The van der Waals surface area contributed by atoms with Gasteiger partial charge in [-0.25, -0.2) is 0 Å². The standard InChI is InChI=1S/C17H28N4/c1-13-5-4-6-14(2)16(13)11-21-9-7-15(8-10-21)17-19-18-12-20(17)3/h5,12,14-16H,4,6-11H2,1-3H3. The molecular formula is C17H28N4. The van der Waals surface area contributed by atoms with Gasteiger partial charge in [0.15, 0.2) is 0 Å². The van der Waals surface area contributed by atoms with Gasteiger partial charge in [-0.05, 0) is 57.5 Å². The predicted octanol–water partition coefficient (Wildman–Crippen LogP) is 2.99. The molecule has 21 heavy (non-hydrogen) atoms. The Morgan fingerprint density at radius 1 is 1.24 bits per heavy atom. The molecule has 3 rings (SSSR count). The van der Waals surface area contributed by atoms with E-state index in [4.69, 9.17) is 0 Å². The predicted molar refractivity (Wildman–Crippen MR) is 85.1 cm³/mol. The second kappa shape index (κ2) is 6.30. The first-order chi connectivity index (χ1) is 10.1. The molecule has 0 amide bonds. The summed E-state index contributed by atoms with van der Waals surface area (Å²) in [6.07, 6.45) is 9.35. The highest BCUT2D eigenvalue weighted by atomic mass is 15.3. The minimum atomic E-state index is 0.592. The largest absolute Gasteiger partial charge is 0.320 e. The van der Waals surface area contributed by atoms with Gasteiger partial charge in [0, 0.05) is 19.5 Å². The van der Waals surface area contributed by atoms with E-state index < -0.39 is 0 Å². The van der Waals surface area contributed by atoms with Crippen LogP contribution in [0.25, 0.3) is 0 Å². The Hall–Kier alpha value is -1.16. The van der Waals surface area contributed by atoms with Crippen molar-refractivity contribution in [3.05, 3.63) is 23.8 Å². The van der Waals surface area contributed by atoms with Gasteiger partial charge >= 0.3 is 0 Å². The molecule has 116 valence electrons. The third-order valence-corrected chi connectivity index (χ3v) is 5.51. The van der Waals surface area contributed by atoms with E-state index in [1.165, 1.54) is 45.3 Å². The molecular weight excluding hydrogens is 260 g/mol. The number of nitrogens with zero attached hydrogens (tertiary/aromatic N) is 4. The van der Waals surface area contributed by atoms with Crippen LogP contribution in [0.5, 0.6) is 0 Å². The molecule has 0 N–H and O–H groups in total. The first kappa shape index (κ1) is 14.8. The fraction of sp³-hybridized carbons (Fsp3) is 0.765. The smallest absolute Gasteiger partial charge is 0.135 e. The van der Waals surface area contributed by atoms with E-state index >= 15 is 0 Å². The second-order valence-corrected chi connectivity index (χ2v) is 6.98. The Labute approximate surface area is 128 Å².